The van der Waals surface area contributed by atoms with Crippen LogP contribution in [-0.4, -0.2) is 41.9 Å². The van der Waals surface area contributed by atoms with Gasteiger partial charge in [0.25, 0.3) is 11.8 Å². The topological polar surface area (TPSA) is 58.6 Å². The Kier molecular flexibility index (Phi) is 7.38. The number of amides is 2. The minimum atomic E-state index is -0.549. The molecule has 1 N–H and O–H groups in total. The first-order chi connectivity index (χ1) is 14.3. The van der Waals surface area contributed by atoms with Crippen molar-refractivity contribution in [2.24, 2.45) is 0 Å². The monoisotopic (exact) mass is 428 g/mol. The van der Waals surface area contributed by atoms with Gasteiger partial charge in [-0.2, -0.15) is 0 Å². The average molecular weight is 429 g/mol. The molecule has 2 amide bonds. The maximum absolute atomic E-state index is 12.8. The predicted molar refractivity (Wildman–Crippen MR) is 119 cm³/mol. The average Bonchev–Trinajstić information content (AvgIpc) is 2.74. The highest BCUT2D eigenvalue weighted by Crippen LogP contribution is 2.21. The summed E-state index contributed by atoms with van der Waals surface area (Å²) in [4.78, 5) is 27.0. The van der Waals surface area contributed by atoms with Crippen molar-refractivity contribution in [1.29, 1.82) is 0 Å². The Morgan fingerprint density at radius 3 is 2.33 bits per heavy atom. The molecule has 1 heterocycles. The van der Waals surface area contributed by atoms with Crippen molar-refractivity contribution in [2.45, 2.75) is 51.7 Å². The van der Waals surface area contributed by atoms with E-state index in [-0.39, 0.29) is 17.9 Å². The summed E-state index contributed by atoms with van der Waals surface area (Å²) in [6, 6.07) is 14.8. The third-order valence-electron chi connectivity index (χ3n) is 5.44. The minimum absolute atomic E-state index is 0.0254. The summed E-state index contributed by atoms with van der Waals surface area (Å²) in [5.74, 6) is 0.995. The molecule has 30 heavy (non-hydrogen) atoms. The third kappa shape index (κ3) is 5.76. The number of nitrogens with one attached hydrogen (secondary N) is 1. The lowest BCUT2D eigenvalue weighted by Crippen LogP contribution is -2.49. The zero-order valence-corrected chi connectivity index (χ0v) is 18.5. The molecule has 3 rings (SSSR count). The molecule has 5 nitrogen and oxygen atoms in total. The first-order valence-corrected chi connectivity index (χ1v) is 10.8. The molecular weight excluding hydrogens is 400 g/mol. The number of halogens is 1. The molecule has 160 valence electrons. The zero-order valence-electron chi connectivity index (χ0n) is 17.7. The van der Waals surface area contributed by atoms with Gasteiger partial charge in [-0.15, -0.1) is 0 Å². The van der Waals surface area contributed by atoms with Crippen LogP contribution < -0.4 is 10.1 Å². The molecule has 2 aromatic rings. The van der Waals surface area contributed by atoms with E-state index in [0.717, 1.165) is 0 Å². The van der Waals surface area contributed by atoms with E-state index in [1.54, 1.807) is 31.2 Å². The fraction of sp³-hybridized carbons (Fsp3) is 0.417. The number of carbonyl (C=O) groups is 2. The SMILES string of the molecule is CC(Oc1ccc(C(C)C)cc1)C(=O)N1CCC(NC(=O)c2cccc(Cl)c2)CC1. The van der Waals surface area contributed by atoms with Gasteiger partial charge in [-0.3, -0.25) is 9.59 Å². The highest BCUT2D eigenvalue weighted by molar-refractivity contribution is 6.30. The van der Waals surface area contributed by atoms with E-state index >= 15 is 0 Å². The largest absolute Gasteiger partial charge is 0.481 e. The smallest absolute Gasteiger partial charge is 0.263 e. The molecule has 0 saturated carbocycles. The van der Waals surface area contributed by atoms with E-state index in [1.807, 2.05) is 29.2 Å². The van der Waals surface area contributed by atoms with Gasteiger partial charge in [0.05, 0.1) is 0 Å². The number of hydrogen-bond donors (Lipinski definition) is 1. The number of nitrogens with zero attached hydrogens (tertiary/aromatic N) is 1. The van der Waals surface area contributed by atoms with Crippen LogP contribution in [-0.2, 0) is 4.79 Å². The van der Waals surface area contributed by atoms with Crippen molar-refractivity contribution >= 4 is 23.4 Å². The van der Waals surface area contributed by atoms with E-state index < -0.39 is 6.10 Å². The van der Waals surface area contributed by atoms with Gasteiger partial charge in [-0.05, 0) is 61.6 Å². The number of rotatable bonds is 6. The molecule has 1 atom stereocenters. The lowest BCUT2D eigenvalue weighted by molar-refractivity contribution is -0.139. The Bertz CT molecular complexity index is 874. The summed E-state index contributed by atoms with van der Waals surface area (Å²) in [5.41, 5.74) is 1.79. The molecule has 0 aliphatic carbocycles. The first-order valence-electron chi connectivity index (χ1n) is 10.5. The molecule has 2 aromatic carbocycles. The van der Waals surface area contributed by atoms with Crippen LogP contribution in [0.1, 0.15) is 55.5 Å². The van der Waals surface area contributed by atoms with Gasteiger partial charge in [0.2, 0.25) is 0 Å². The van der Waals surface area contributed by atoms with Gasteiger partial charge in [-0.1, -0.05) is 43.6 Å². The predicted octanol–water partition coefficient (Wildman–Crippen LogP) is 4.65. The van der Waals surface area contributed by atoms with Gasteiger partial charge < -0.3 is 15.0 Å². The molecule has 0 radical (unpaired) electrons. The van der Waals surface area contributed by atoms with E-state index in [0.29, 0.717) is 48.2 Å². The Morgan fingerprint density at radius 2 is 1.73 bits per heavy atom. The Hall–Kier alpha value is -2.53. The number of carbonyl (C=O) groups excluding carboxylic acids is 2. The van der Waals surface area contributed by atoms with E-state index in [1.165, 1.54) is 5.56 Å². The van der Waals surface area contributed by atoms with Gasteiger partial charge in [0, 0.05) is 29.7 Å². The summed E-state index contributed by atoms with van der Waals surface area (Å²) in [6.45, 7) is 7.26. The second-order valence-corrected chi connectivity index (χ2v) is 8.50. The van der Waals surface area contributed by atoms with Gasteiger partial charge in [0.15, 0.2) is 6.10 Å². The number of ether oxygens (including phenoxy) is 1. The molecule has 1 aliphatic rings. The van der Waals surface area contributed by atoms with Crippen LogP contribution in [0.15, 0.2) is 48.5 Å². The van der Waals surface area contributed by atoms with E-state index in [2.05, 4.69) is 19.2 Å². The number of piperidine rings is 1. The second-order valence-electron chi connectivity index (χ2n) is 8.07. The fourth-order valence-electron chi connectivity index (χ4n) is 3.59. The lowest BCUT2D eigenvalue weighted by atomic mass is 10.0. The van der Waals surface area contributed by atoms with Crippen LogP contribution in [0.2, 0.25) is 5.02 Å². The molecule has 6 heteroatoms. The Labute approximate surface area is 183 Å². The first kappa shape index (κ1) is 22.2. The van der Waals surface area contributed by atoms with Crippen molar-refractivity contribution in [1.82, 2.24) is 10.2 Å². The Balaban J connectivity index is 1.47. The van der Waals surface area contributed by atoms with Crippen molar-refractivity contribution < 1.29 is 14.3 Å². The van der Waals surface area contributed by atoms with Crippen LogP contribution in [0.25, 0.3) is 0 Å². The maximum Gasteiger partial charge on any atom is 0.263 e. The molecule has 1 unspecified atom stereocenters. The van der Waals surface area contributed by atoms with Crippen molar-refractivity contribution in [3.63, 3.8) is 0 Å². The summed E-state index contributed by atoms with van der Waals surface area (Å²) in [5, 5.41) is 3.58. The van der Waals surface area contributed by atoms with Gasteiger partial charge in [-0.25, -0.2) is 0 Å². The molecule has 1 fully saturated rings. The van der Waals surface area contributed by atoms with Crippen LogP contribution in [0.4, 0.5) is 0 Å². The number of benzene rings is 2. The quantitative estimate of drug-likeness (QED) is 0.728. The number of hydrogen-bond acceptors (Lipinski definition) is 3. The highest BCUT2D eigenvalue weighted by atomic mass is 35.5. The van der Waals surface area contributed by atoms with E-state index in [9.17, 15) is 9.59 Å². The van der Waals surface area contributed by atoms with Crippen LogP contribution in [0.3, 0.4) is 0 Å². The molecular formula is C24H29ClN2O3. The van der Waals surface area contributed by atoms with Crippen molar-refractivity contribution in [3.8, 4) is 5.75 Å². The molecule has 1 aliphatic heterocycles. The maximum atomic E-state index is 12.8. The zero-order chi connectivity index (χ0) is 21.7. The minimum Gasteiger partial charge on any atom is -0.481 e. The van der Waals surface area contributed by atoms with Gasteiger partial charge >= 0.3 is 0 Å². The molecule has 1 saturated heterocycles. The summed E-state index contributed by atoms with van der Waals surface area (Å²) in [7, 11) is 0. The molecule has 0 aromatic heterocycles. The normalized spacial score (nSPS) is 15.7. The summed E-state index contributed by atoms with van der Waals surface area (Å²) < 4.78 is 5.85. The van der Waals surface area contributed by atoms with Gasteiger partial charge in [0.1, 0.15) is 5.75 Å². The second kappa shape index (κ2) is 9.98. The summed E-state index contributed by atoms with van der Waals surface area (Å²) >= 11 is 5.96. The summed E-state index contributed by atoms with van der Waals surface area (Å²) in [6.07, 6.45) is 0.884. The standard InChI is InChI=1S/C24H29ClN2O3/c1-16(2)18-7-9-22(10-8-18)30-17(3)24(29)27-13-11-21(12-14-27)26-23(28)19-5-4-6-20(25)15-19/h4-10,15-17,21H,11-14H2,1-3H3,(H,26,28). The molecule has 0 spiro atoms. The highest BCUT2D eigenvalue weighted by Gasteiger charge is 2.28. The fourth-order valence-corrected chi connectivity index (χ4v) is 3.78. The molecule has 0 bridgehead atoms. The van der Waals surface area contributed by atoms with E-state index in [4.69, 9.17) is 16.3 Å². The Morgan fingerprint density at radius 1 is 1.07 bits per heavy atom. The van der Waals surface area contributed by atoms with Crippen LogP contribution >= 0.6 is 11.6 Å². The lowest BCUT2D eigenvalue weighted by Gasteiger charge is -2.33. The van der Waals surface area contributed by atoms with Crippen molar-refractivity contribution in [2.75, 3.05) is 13.1 Å². The third-order valence-corrected chi connectivity index (χ3v) is 5.67. The van der Waals surface area contributed by atoms with Crippen LogP contribution in [0, 0.1) is 0 Å². The van der Waals surface area contributed by atoms with Crippen molar-refractivity contribution in [3.05, 3.63) is 64.7 Å². The van der Waals surface area contributed by atoms with Crippen LogP contribution in [0.5, 0.6) is 5.75 Å². The number of likely N-dealkylation sites (tertiary alicyclic amines) is 1.